The van der Waals surface area contributed by atoms with Gasteiger partial charge in [0.2, 0.25) is 0 Å². The van der Waals surface area contributed by atoms with E-state index in [9.17, 15) is 0 Å². The standard InChI is InChI=1S/C6H12NO2/c1-8-5-6-4-7-2-3-9-6/h6H,2-5H2,1H3. The molecule has 0 spiro atoms. The third-order valence-electron chi connectivity index (χ3n) is 1.29. The average molecular weight is 130 g/mol. The van der Waals surface area contributed by atoms with Crippen molar-refractivity contribution in [3.05, 3.63) is 0 Å². The number of rotatable bonds is 2. The molecule has 0 amide bonds. The number of nitrogens with zero attached hydrogens (tertiary/aromatic N) is 1. The maximum atomic E-state index is 5.30. The van der Waals surface area contributed by atoms with Crippen LogP contribution in [0.5, 0.6) is 0 Å². The summed E-state index contributed by atoms with van der Waals surface area (Å²) in [5, 5.41) is 4.17. The maximum Gasteiger partial charge on any atom is 0.0949 e. The number of morpholine rings is 1. The fourth-order valence-corrected chi connectivity index (χ4v) is 0.859. The van der Waals surface area contributed by atoms with Crippen molar-refractivity contribution in [2.45, 2.75) is 6.10 Å². The normalized spacial score (nSPS) is 28.3. The van der Waals surface area contributed by atoms with Crippen molar-refractivity contribution in [2.24, 2.45) is 0 Å². The summed E-state index contributed by atoms with van der Waals surface area (Å²) < 4.78 is 10.2. The summed E-state index contributed by atoms with van der Waals surface area (Å²) in [6.45, 7) is 3.07. The molecule has 0 aliphatic carbocycles. The van der Waals surface area contributed by atoms with Gasteiger partial charge in [-0.1, -0.05) is 0 Å². The Balaban J connectivity index is 2.08. The van der Waals surface area contributed by atoms with E-state index in [2.05, 4.69) is 5.32 Å². The van der Waals surface area contributed by atoms with Crippen molar-refractivity contribution in [2.75, 3.05) is 33.4 Å². The van der Waals surface area contributed by atoms with Crippen LogP contribution in [0, 0.1) is 0 Å². The molecule has 3 nitrogen and oxygen atoms in total. The minimum Gasteiger partial charge on any atom is -0.382 e. The third kappa shape index (κ3) is 2.30. The predicted octanol–water partition coefficient (Wildman–Crippen LogP) is -0.364. The number of hydrogen-bond acceptors (Lipinski definition) is 2. The van der Waals surface area contributed by atoms with Crippen molar-refractivity contribution in [3.63, 3.8) is 0 Å². The molecule has 9 heavy (non-hydrogen) atoms. The highest BCUT2D eigenvalue weighted by molar-refractivity contribution is 4.64. The van der Waals surface area contributed by atoms with E-state index < -0.39 is 0 Å². The van der Waals surface area contributed by atoms with Crippen LogP contribution < -0.4 is 5.32 Å². The summed E-state index contributed by atoms with van der Waals surface area (Å²) in [5.41, 5.74) is 0. The Hall–Kier alpha value is -0.120. The first-order chi connectivity index (χ1) is 4.43. The van der Waals surface area contributed by atoms with Crippen LogP contribution in [0.4, 0.5) is 0 Å². The third-order valence-corrected chi connectivity index (χ3v) is 1.29. The number of hydrogen-bond donors (Lipinski definition) is 0. The van der Waals surface area contributed by atoms with Crippen molar-refractivity contribution >= 4 is 0 Å². The first-order valence-electron chi connectivity index (χ1n) is 3.17. The molecule has 0 aromatic carbocycles. The second kappa shape index (κ2) is 3.82. The van der Waals surface area contributed by atoms with Gasteiger partial charge in [0, 0.05) is 20.2 Å². The van der Waals surface area contributed by atoms with Crippen molar-refractivity contribution < 1.29 is 9.47 Å². The summed E-state index contributed by atoms with van der Waals surface area (Å²) in [5.74, 6) is 0. The van der Waals surface area contributed by atoms with Crippen LogP contribution in [0.25, 0.3) is 0 Å². The van der Waals surface area contributed by atoms with Crippen LogP contribution in [0.2, 0.25) is 0 Å². The molecule has 0 aromatic heterocycles. The van der Waals surface area contributed by atoms with Crippen LogP contribution in [0.1, 0.15) is 0 Å². The van der Waals surface area contributed by atoms with Gasteiger partial charge in [-0.2, -0.15) is 0 Å². The van der Waals surface area contributed by atoms with E-state index in [1.807, 2.05) is 0 Å². The minimum absolute atomic E-state index is 0.212. The molecular formula is C6H12NO2. The lowest BCUT2D eigenvalue weighted by atomic mass is 10.3. The van der Waals surface area contributed by atoms with E-state index in [0.29, 0.717) is 6.61 Å². The molecule has 1 fully saturated rings. The summed E-state index contributed by atoms with van der Waals surface area (Å²) in [6, 6.07) is 0. The molecule has 1 heterocycles. The first kappa shape index (κ1) is 6.99. The zero-order valence-corrected chi connectivity index (χ0v) is 5.67. The molecule has 0 saturated carbocycles. The predicted molar refractivity (Wildman–Crippen MR) is 33.5 cm³/mol. The molecular weight excluding hydrogens is 118 g/mol. The van der Waals surface area contributed by atoms with Gasteiger partial charge in [0.05, 0.1) is 19.3 Å². The summed E-state index contributed by atoms with van der Waals surface area (Å²) in [7, 11) is 1.68. The first-order valence-corrected chi connectivity index (χ1v) is 3.17. The summed E-state index contributed by atoms with van der Waals surface area (Å²) >= 11 is 0. The molecule has 1 aliphatic heterocycles. The van der Waals surface area contributed by atoms with Crippen molar-refractivity contribution in [1.82, 2.24) is 5.32 Å². The van der Waals surface area contributed by atoms with Gasteiger partial charge in [-0.3, -0.25) is 0 Å². The van der Waals surface area contributed by atoms with Crippen LogP contribution >= 0.6 is 0 Å². The summed E-state index contributed by atoms with van der Waals surface area (Å²) in [4.78, 5) is 0. The fraction of sp³-hybridized carbons (Fsp3) is 1.00. The van der Waals surface area contributed by atoms with E-state index in [1.54, 1.807) is 7.11 Å². The Bertz CT molecular complexity index is 68.7. The SMILES string of the molecule is COCC1C[N]CCO1. The second-order valence-corrected chi connectivity index (χ2v) is 2.08. The zero-order valence-electron chi connectivity index (χ0n) is 5.67. The second-order valence-electron chi connectivity index (χ2n) is 2.08. The molecule has 1 aliphatic rings. The number of ether oxygens (including phenoxy) is 2. The summed E-state index contributed by atoms with van der Waals surface area (Å²) in [6.07, 6.45) is 0.212. The molecule has 0 bridgehead atoms. The van der Waals surface area contributed by atoms with Gasteiger partial charge in [-0.05, 0) is 0 Å². The Morgan fingerprint density at radius 1 is 1.78 bits per heavy atom. The molecule has 1 rings (SSSR count). The molecule has 1 saturated heterocycles. The van der Waals surface area contributed by atoms with Gasteiger partial charge in [-0.15, -0.1) is 0 Å². The smallest absolute Gasteiger partial charge is 0.0949 e. The van der Waals surface area contributed by atoms with Crippen LogP contribution in [0.15, 0.2) is 0 Å². The lowest BCUT2D eigenvalue weighted by Gasteiger charge is -2.21. The molecule has 1 unspecified atom stereocenters. The fourth-order valence-electron chi connectivity index (χ4n) is 0.859. The van der Waals surface area contributed by atoms with Crippen LogP contribution in [-0.2, 0) is 9.47 Å². The van der Waals surface area contributed by atoms with Gasteiger partial charge in [0.25, 0.3) is 0 Å². The average Bonchev–Trinajstić information content (AvgIpc) is 1.91. The van der Waals surface area contributed by atoms with E-state index in [-0.39, 0.29) is 6.10 Å². The number of methoxy groups -OCH3 is 1. The van der Waals surface area contributed by atoms with Crippen molar-refractivity contribution in [1.29, 1.82) is 0 Å². The molecule has 53 valence electrons. The van der Waals surface area contributed by atoms with E-state index in [4.69, 9.17) is 9.47 Å². The van der Waals surface area contributed by atoms with E-state index in [1.165, 1.54) is 0 Å². The lowest BCUT2D eigenvalue weighted by Crippen LogP contribution is -2.36. The Morgan fingerprint density at radius 3 is 3.22 bits per heavy atom. The van der Waals surface area contributed by atoms with Gasteiger partial charge in [-0.25, -0.2) is 5.32 Å². The molecule has 3 heteroatoms. The largest absolute Gasteiger partial charge is 0.382 e. The van der Waals surface area contributed by atoms with Crippen molar-refractivity contribution in [3.8, 4) is 0 Å². The minimum atomic E-state index is 0.212. The van der Waals surface area contributed by atoms with Crippen LogP contribution in [0.3, 0.4) is 0 Å². The van der Waals surface area contributed by atoms with Gasteiger partial charge in [0.15, 0.2) is 0 Å². The molecule has 1 radical (unpaired) electrons. The van der Waals surface area contributed by atoms with E-state index in [0.717, 1.165) is 19.7 Å². The lowest BCUT2D eigenvalue weighted by molar-refractivity contribution is -0.0199. The maximum absolute atomic E-state index is 5.30. The molecule has 0 aromatic rings. The van der Waals surface area contributed by atoms with E-state index >= 15 is 0 Å². The highest BCUT2D eigenvalue weighted by Gasteiger charge is 2.12. The molecule has 0 N–H and O–H groups in total. The van der Waals surface area contributed by atoms with Gasteiger partial charge >= 0.3 is 0 Å². The van der Waals surface area contributed by atoms with Gasteiger partial charge in [0.1, 0.15) is 0 Å². The monoisotopic (exact) mass is 130 g/mol. The quantitative estimate of drug-likeness (QED) is 0.511. The zero-order chi connectivity index (χ0) is 6.53. The highest BCUT2D eigenvalue weighted by Crippen LogP contribution is 1.95. The topological polar surface area (TPSA) is 32.6 Å². The van der Waals surface area contributed by atoms with Crippen LogP contribution in [-0.4, -0.2) is 39.5 Å². The Labute approximate surface area is 55.3 Å². The highest BCUT2D eigenvalue weighted by atomic mass is 16.5. The molecule has 1 atom stereocenters. The van der Waals surface area contributed by atoms with Gasteiger partial charge < -0.3 is 9.47 Å². The Morgan fingerprint density at radius 2 is 2.67 bits per heavy atom. The Kier molecular flexibility index (Phi) is 2.97.